The number of rotatable bonds is 5. The van der Waals surface area contributed by atoms with E-state index >= 15 is 0 Å². The van der Waals surface area contributed by atoms with Crippen molar-refractivity contribution in [1.29, 1.82) is 0 Å². The van der Waals surface area contributed by atoms with Gasteiger partial charge in [-0.3, -0.25) is 4.79 Å². The summed E-state index contributed by atoms with van der Waals surface area (Å²) in [7, 11) is 0. The average molecular weight is 340 g/mol. The van der Waals surface area contributed by atoms with Gasteiger partial charge in [-0.15, -0.1) is 0 Å². The lowest BCUT2D eigenvalue weighted by atomic mass is 10.0. The molecule has 0 aromatic carbocycles. The van der Waals surface area contributed by atoms with E-state index in [0.717, 1.165) is 5.39 Å². The average Bonchev–Trinajstić information content (AvgIpc) is 3.22. The SMILES string of the molecule is CC(C)C(C)NC(=O)c1cc(-c2ccco2)nc2c1cnn2C(C)C. The Morgan fingerprint density at radius 1 is 1.24 bits per heavy atom. The van der Waals surface area contributed by atoms with E-state index in [9.17, 15) is 4.79 Å². The number of nitrogens with one attached hydrogen (secondary N) is 1. The Morgan fingerprint density at radius 3 is 2.60 bits per heavy atom. The van der Waals surface area contributed by atoms with Crippen LogP contribution >= 0.6 is 0 Å². The molecular formula is C19H24N4O2. The Bertz CT molecular complexity index is 878. The van der Waals surface area contributed by atoms with Crippen molar-refractivity contribution in [3.8, 4) is 11.5 Å². The fourth-order valence-electron chi connectivity index (χ4n) is 2.59. The molecule has 0 fully saturated rings. The van der Waals surface area contributed by atoms with Gasteiger partial charge in [-0.1, -0.05) is 13.8 Å². The van der Waals surface area contributed by atoms with Crippen molar-refractivity contribution >= 4 is 16.9 Å². The van der Waals surface area contributed by atoms with Gasteiger partial charge in [0.2, 0.25) is 0 Å². The van der Waals surface area contributed by atoms with Crippen molar-refractivity contribution in [1.82, 2.24) is 20.1 Å². The van der Waals surface area contributed by atoms with E-state index in [-0.39, 0.29) is 18.0 Å². The number of carbonyl (C=O) groups excluding carboxylic acids is 1. The fourth-order valence-corrected chi connectivity index (χ4v) is 2.59. The van der Waals surface area contributed by atoms with E-state index in [1.165, 1.54) is 0 Å². The summed E-state index contributed by atoms with van der Waals surface area (Å²) in [6, 6.07) is 5.63. The number of hydrogen-bond donors (Lipinski definition) is 1. The van der Waals surface area contributed by atoms with Crippen molar-refractivity contribution in [2.45, 2.75) is 46.7 Å². The zero-order chi connectivity index (χ0) is 18.1. The predicted octanol–water partition coefficient (Wildman–Crippen LogP) is 4.05. The fraction of sp³-hybridized carbons (Fsp3) is 0.421. The quantitative estimate of drug-likeness (QED) is 0.760. The van der Waals surface area contributed by atoms with Crippen LogP contribution in [-0.4, -0.2) is 26.7 Å². The van der Waals surface area contributed by atoms with Gasteiger partial charge >= 0.3 is 0 Å². The van der Waals surface area contributed by atoms with Crippen LogP contribution in [0.15, 0.2) is 35.1 Å². The van der Waals surface area contributed by atoms with Crippen LogP contribution < -0.4 is 5.32 Å². The summed E-state index contributed by atoms with van der Waals surface area (Å²) < 4.78 is 7.30. The van der Waals surface area contributed by atoms with Crippen LogP contribution in [0.3, 0.4) is 0 Å². The normalized spacial score (nSPS) is 12.9. The maximum atomic E-state index is 12.9. The van der Waals surface area contributed by atoms with Crippen LogP contribution in [0.25, 0.3) is 22.5 Å². The second-order valence-electron chi connectivity index (χ2n) is 6.96. The molecule has 0 aliphatic heterocycles. The Morgan fingerprint density at radius 2 is 2.00 bits per heavy atom. The molecule has 3 aromatic rings. The van der Waals surface area contributed by atoms with Crippen molar-refractivity contribution < 1.29 is 9.21 Å². The highest BCUT2D eigenvalue weighted by Crippen LogP contribution is 2.26. The van der Waals surface area contributed by atoms with Crippen molar-refractivity contribution in [2.24, 2.45) is 5.92 Å². The highest BCUT2D eigenvalue weighted by molar-refractivity contribution is 6.06. The minimum absolute atomic E-state index is 0.0721. The van der Waals surface area contributed by atoms with Crippen molar-refractivity contribution in [3.05, 3.63) is 36.2 Å². The first-order chi connectivity index (χ1) is 11.9. The first kappa shape index (κ1) is 17.2. The van der Waals surface area contributed by atoms with Crippen LogP contribution in [0.4, 0.5) is 0 Å². The van der Waals surface area contributed by atoms with E-state index in [1.54, 1.807) is 18.5 Å². The lowest BCUT2D eigenvalue weighted by molar-refractivity contribution is 0.0932. The smallest absolute Gasteiger partial charge is 0.252 e. The lowest BCUT2D eigenvalue weighted by Crippen LogP contribution is -2.36. The lowest BCUT2D eigenvalue weighted by Gasteiger charge is -2.18. The molecule has 6 heteroatoms. The van der Waals surface area contributed by atoms with E-state index in [4.69, 9.17) is 4.42 Å². The zero-order valence-electron chi connectivity index (χ0n) is 15.3. The van der Waals surface area contributed by atoms with Crippen LogP contribution in [0.1, 0.15) is 51.0 Å². The number of aromatic nitrogens is 3. The van der Waals surface area contributed by atoms with Gasteiger partial charge in [0.05, 0.1) is 23.4 Å². The number of amides is 1. The molecule has 0 bridgehead atoms. The summed E-state index contributed by atoms with van der Waals surface area (Å²) in [6.45, 7) is 10.2. The first-order valence-corrected chi connectivity index (χ1v) is 8.61. The Balaban J connectivity index is 2.14. The summed E-state index contributed by atoms with van der Waals surface area (Å²) in [5, 5.41) is 8.23. The second kappa shape index (κ2) is 6.70. The molecule has 1 atom stereocenters. The third-order valence-corrected chi connectivity index (χ3v) is 4.43. The molecule has 0 aliphatic carbocycles. The van der Waals surface area contributed by atoms with Crippen LogP contribution in [0, 0.1) is 5.92 Å². The molecule has 0 radical (unpaired) electrons. The summed E-state index contributed by atoms with van der Waals surface area (Å²) in [6.07, 6.45) is 3.31. The van der Waals surface area contributed by atoms with Crippen LogP contribution in [0.2, 0.25) is 0 Å². The minimum Gasteiger partial charge on any atom is -0.463 e. The van der Waals surface area contributed by atoms with Gasteiger partial charge in [0.1, 0.15) is 5.69 Å². The topological polar surface area (TPSA) is 73.0 Å². The third kappa shape index (κ3) is 3.29. The van der Waals surface area contributed by atoms with E-state index < -0.39 is 0 Å². The Kier molecular flexibility index (Phi) is 4.61. The molecule has 25 heavy (non-hydrogen) atoms. The second-order valence-corrected chi connectivity index (χ2v) is 6.96. The monoisotopic (exact) mass is 340 g/mol. The van der Waals surface area contributed by atoms with Gasteiger partial charge in [-0.2, -0.15) is 5.10 Å². The maximum Gasteiger partial charge on any atom is 0.252 e. The number of pyridine rings is 1. The van der Waals surface area contributed by atoms with Crippen molar-refractivity contribution in [3.63, 3.8) is 0 Å². The number of hydrogen-bond acceptors (Lipinski definition) is 4. The summed E-state index contributed by atoms with van der Waals surface area (Å²) in [4.78, 5) is 17.6. The molecule has 0 saturated carbocycles. The molecule has 3 rings (SSSR count). The molecule has 0 spiro atoms. The van der Waals surface area contributed by atoms with E-state index in [2.05, 4.69) is 29.2 Å². The number of nitrogens with zero attached hydrogens (tertiary/aromatic N) is 3. The molecule has 0 saturated heterocycles. The Hall–Kier alpha value is -2.63. The molecule has 1 unspecified atom stereocenters. The Labute approximate surface area is 147 Å². The number of fused-ring (bicyclic) bond motifs is 1. The molecule has 3 heterocycles. The van der Waals surface area contributed by atoms with Gasteiger partial charge in [-0.25, -0.2) is 9.67 Å². The first-order valence-electron chi connectivity index (χ1n) is 8.61. The summed E-state index contributed by atoms with van der Waals surface area (Å²) in [5.74, 6) is 0.860. The zero-order valence-corrected chi connectivity index (χ0v) is 15.3. The standard InChI is InChI=1S/C19H24N4O2/c1-11(2)13(5)21-19(24)14-9-16(17-7-6-8-25-17)22-18-15(14)10-20-23(18)12(3)4/h6-13H,1-5H3,(H,21,24). The minimum atomic E-state index is -0.121. The molecule has 132 valence electrons. The summed E-state index contributed by atoms with van der Waals surface area (Å²) in [5.41, 5.74) is 1.88. The largest absolute Gasteiger partial charge is 0.463 e. The van der Waals surface area contributed by atoms with Gasteiger partial charge < -0.3 is 9.73 Å². The third-order valence-electron chi connectivity index (χ3n) is 4.43. The highest BCUT2D eigenvalue weighted by atomic mass is 16.3. The molecule has 6 nitrogen and oxygen atoms in total. The van der Waals surface area contributed by atoms with Crippen molar-refractivity contribution in [2.75, 3.05) is 0 Å². The van der Waals surface area contributed by atoms with Crippen LogP contribution in [0.5, 0.6) is 0 Å². The molecule has 1 N–H and O–H groups in total. The predicted molar refractivity (Wildman–Crippen MR) is 97.4 cm³/mol. The molecule has 0 aliphatic rings. The van der Waals surface area contributed by atoms with Gasteiger partial charge in [-0.05, 0) is 44.9 Å². The van der Waals surface area contributed by atoms with E-state index in [1.807, 2.05) is 37.6 Å². The highest BCUT2D eigenvalue weighted by Gasteiger charge is 2.21. The van der Waals surface area contributed by atoms with Gasteiger partial charge in [0.15, 0.2) is 11.4 Å². The van der Waals surface area contributed by atoms with Gasteiger partial charge in [0, 0.05) is 12.1 Å². The van der Waals surface area contributed by atoms with E-state index in [0.29, 0.717) is 28.6 Å². The molecule has 1 amide bonds. The maximum absolute atomic E-state index is 12.9. The molecular weight excluding hydrogens is 316 g/mol. The van der Waals surface area contributed by atoms with Gasteiger partial charge in [0.25, 0.3) is 5.91 Å². The summed E-state index contributed by atoms with van der Waals surface area (Å²) >= 11 is 0. The molecule has 3 aromatic heterocycles. The number of furan rings is 1. The number of carbonyl (C=O) groups is 1. The van der Waals surface area contributed by atoms with Crippen LogP contribution in [-0.2, 0) is 0 Å².